The number of halogens is 1. The maximum Gasteiger partial charge on any atom is 0.0953 e. The molecule has 0 amide bonds. The summed E-state index contributed by atoms with van der Waals surface area (Å²) in [5.74, 6) is 0.684. The van der Waals surface area contributed by atoms with Crippen LogP contribution in [0.5, 0.6) is 0 Å². The highest BCUT2D eigenvalue weighted by Crippen LogP contribution is 2.31. The molecule has 1 heterocycles. The van der Waals surface area contributed by atoms with Gasteiger partial charge in [-0.3, -0.25) is 0 Å². The SMILES string of the molecule is ClC(Cc1nc2ccccc2s1)C1CCCCCCC1. The molecule has 1 fully saturated rings. The molecule has 0 spiro atoms. The van der Waals surface area contributed by atoms with Crippen molar-refractivity contribution in [3.8, 4) is 0 Å². The van der Waals surface area contributed by atoms with Gasteiger partial charge in [-0.2, -0.15) is 0 Å². The summed E-state index contributed by atoms with van der Waals surface area (Å²) in [6.45, 7) is 0. The largest absolute Gasteiger partial charge is 0.241 e. The van der Waals surface area contributed by atoms with Crippen LogP contribution in [0.4, 0.5) is 0 Å². The maximum absolute atomic E-state index is 6.71. The molecule has 1 aromatic heterocycles. The second kappa shape index (κ2) is 6.91. The molecule has 1 unspecified atom stereocenters. The normalized spacial score (nSPS) is 19.6. The highest BCUT2D eigenvalue weighted by molar-refractivity contribution is 7.18. The molecule has 0 radical (unpaired) electrons. The molecule has 20 heavy (non-hydrogen) atoms. The highest BCUT2D eigenvalue weighted by atomic mass is 35.5. The fourth-order valence-electron chi connectivity index (χ4n) is 3.19. The number of aromatic nitrogens is 1. The van der Waals surface area contributed by atoms with Gasteiger partial charge in [0, 0.05) is 11.8 Å². The summed E-state index contributed by atoms with van der Waals surface area (Å²) in [6.07, 6.45) is 10.4. The molecule has 0 saturated heterocycles. The molecule has 1 aliphatic carbocycles. The van der Waals surface area contributed by atoms with Crippen molar-refractivity contribution in [2.24, 2.45) is 5.92 Å². The van der Waals surface area contributed by atoms with Gasteiger partial charge < -0.3 is 0 Å². The summed E-state index contributed by atoms with van der Waals surface area (Å²) < 4.78 is 1.28. The number of rotatable bonds is 3. The van der Waals surface area contributed by atoms with E-state index >= 15 is 0 Å². The quantitative estimate of drug-likeness (QED) is 0.652. The van der Waals surface area contributed by atoms with Gasteiger partial charge in [0.1, 0.15) is 0 Å². The maximum atomic E-state index is 6.71. The fraction of sp³-hybridized carbons (Fsp3) is 0.588. The summed E-state index contributed by atoms with van der Waals surface area (Å²) in [6, 6.07) is 8.38. The number of para-hydroxylation sites is 1. The lowest BCUT2D eigenvalue weighted by atomic mass is 9.88. The Morgan fingerprint density at radius 3 is 2.55 bits per heavy atom. The van der Waals surface area contributed by atoms with Crippen molar-refractivity contribution in [3.63, 3.8) is 0 Å². The first-order chi connectivity index (χ1) is 9.83. The fourth-order valence-corrected chi connectivity index (χ4v) is 4.71. The second-order valence-corrected chi connectivity index (χ2v) is 7.58. The van der Waals surface area contributed by atoms with Crippen molar-refractivity contribution < 1.29 is 0 Å². The molecule has 1 saturated carbocycles. The van der Waals surface area contributed by atoms with E-state index in [-0.39, 0.29) is 5.38 Å². The predicted octanol–water partition coefficient (Wildman–Crippen LogP) is 5.81. The highest BCUT2D eigenvalue weighted by Gasteiger charge is 2.21. The molecule has 2 aromatic rings. The van der Waals surface area contributed by atoms with E-state index in [2.05, 4.69) is 24.3 Å². The van der Waals surface area contributed by atoms with Crippen LogP contribution in [0.3, 0.4) is 0 Å². The van der Waals surface area contributed by atoms with Crippen LogP contribution in [-0.2, 0) is 6.42 Å². The number of alkyl halides is 1. The lowest BCUT2D eigenvalue weighted by Crippen LogP contribution is -2.18. The van der Waals surface area contributed by atoms with E-state index in [4.69, 9.17) is 16.6 Å². The Kier molecular flexibility index (Phi) is 4.95. The van der Waals surface area contributed by atoms with Crippen molar-refractivity contribution in [1.29, 1.82) is 0 Å². The third-order valence-electron chi connectivity index (χ3n) is 4.37. The third kappa shape index (κ3) is 3.53. The van der Waals surface area contributed by atoms with E-state index in [0.29, 0.717) is 5.92 Å². The minimum atomic E-state index is 0.258. The molecule has 1 atom stereocenters. The van der Waals surface area contributed by atoms with Crippen LogP contribution in [0.15, 0.2) is 24.3 Å². The second-order valence-electron chi connectivity index (χ2n) is 5.90. The Morgan fingerprint density at radius 1 is 1.10 bits per heavy atom. The Bertz CT molecular complexity index is 510. The standard InChI is InChI=1S/C17H22ClNS/c18-14(13-8-4-2-1-3-5-9-13)12-17-19-15-10-6-7-11-16(15)20-17/h6-7,10-11,13-14H,1-5,8-9,12H2. The topological polar surface area (TPSA) is 12.9 Å². The minimum absolute atomic E-state index is 0.258. The Balaban J connectivity index is 1.66. The van der Waals surface area contributed by atoms with Crippen LogP contribution in [0.1, 0.15) is 50.0 Å². The van der Waals surface area contributed by atoms with Gasteiger partial charge in [-0.05, 0) is 30.9 Å². The average Bonchev–Trinajstić information content (AvgIpc) is 2.80. The van der Waals surface area contributed by atoms with Crippen molar-refractivity contribution in [2.45, 2.75) is 56.7 Å². The molecule has 1 aromatic carbocycles. The minimum Gasteiger partial charge on any atom is -0.241 e. The van der Waals surface area contributed by atoms with Gasteiger partial charge in [-0.15, -0.1) is 22.9 Å². The van der Waals surface area contributed by atoms with Crippen LogP contribution >= 0.6 is 22.9 Å². The van der Waals surface area contributed by atoms with Crippen molar-refractivity contribution in [1.82, 2.24) is 4.98 Å². The molecule has 3 rings (SSSR count). The van der Waals surface area contributed by atoms with Crippen LogP contribution in [0.2, 0.25) is 0 Å². The number of hydrogen-bond donors (Lipinski definition) is 0. The lowest BCUT2D eigenvalue weighted by molar-refractivity contribution is 0.364. The Morgan fingerprint density at radius 2 is 1.80 bits per heavy atom. The molecular formula is C17H22ClNS. The van der Waals surface area contributed by atoms with E-state index < -0.39 is 0 Å². The van der Waals surface area contributed by atoms with Gasteiger partial charge in [-0.1, -0.05) is 44.2 Å². The number of nitrogens with zero attached hydrogens (tertiary/aromatic N) is 1. The summed E-state index contributed by atoms with van der Waals surface area (Å²) in [5, 5.41) is 1.46. The summed E-state index contributed by atoms with van der Waals surface area (Å²) in [7, 11) is 0. The smallest absolute Gasteiger partial charge is 0.0953 e. The molecule has 1 aliphatic rings. The van der Waals surface area contributed by atoms with Gasteiger partial charge in [-0.25, -0.2) is 4.98 Å². The van der Waals surface area contributed by atoms with Crippen molar-refractivity contribution >= 4 is 33.2 Å². The van der Waals surface area contributed by atoms with Crippen LogP contribution in [0, 0.1) is 5.92 Å². The van der Waals surface area contributed by atoms with E-state index in [1.165, 1.54) is 54.7 Å². The Labute approximate surface area is 130 Å². The van der Waals surface area contributed by atoms with Crippen LogP contribution < -0.4 is 0 Å². The first-order valence-electron chi connectivity index (χ1n) is 7.81. The van der Waals surface area contributed by atoms with Gasteiger partial charge in [0.25, 0.3) is 0 Å². The zero-order valence-electron chi connectivity index (χ0n) is 11.9. The van der Waals surface area contributed by atoms with Gasteiger partial charge in [0.05, 0.1) is 15.2 Å². The van der Waals surface area contributed by atoms with E-state index in [1.54, 1.807) is 11.3 Å². The average molecular weight is 308 g/mol. The molecule has 0 aliphatic heterocycles. The van der Waals surface area contributed by atoms with Crippen LogP contribution in [0.25, 0.3) is 10.2 Å². The number of hydrogen-bond acceptors (Lipinski definition) is 2. The monoisotopic (exact) mass is 307 g/mol. The van der Waals surface area contributed by atoms with E-state index in [1.807, 2.05) is 0 Å². The molecular weight excluding hydrogens is 286 g/mol. The molecule has 3 heteroatoms. The molecule has 0 bridgehead atoms. The van der Waals surface area contributed by atoms with Crippen molar-refractivity contribution in [2.75, 3.05) is 0 Å². The van der Waals surface area contributed by atoms with E-state index in [0.717, 1.165) is 11.9 Å². The summed E-state index contributed by atoms with van der Waals surface area (Å²) in [4.78, 5) is 4.72. The number of benzene rings is 1. The van der Waals surface area contributed by atoms with Gasteiger partial charge in [0.15, 0.2) is 0 Å². The van der Waals surface area contributed by atoms with Gasteiger partial charge in [0.2, 0.25) is 0 Å². The third-order valence-corrected chi connectivity index (χ3v) is 5.94. The number of fused-ring (bicyclic) bond motifs is 1. The van der Waals surface area contributed by atoms with E-state index in [9.17, 15) is 0 Å². The van der Waals surface area contributed by atoms with Crippen molar-refractivity contribution in [3.05, 3.63) is 29.3 Å². The zero-order valence-corrected chi connectivity index (χ0v) is 13.4. The first-order valence-corrected chi connectivity index (χ1v) is 9.07. The molecule has 108 valence electrons. The molecule has 0 N–H and O–H groups in total. The number of thiazole rings is 1. The Hall–Kier alpha value is -0.600. The first kappa shape index (κ1) is 14.3. The molecule has 1 nitrogen and oxygen atoms in total. The van der Waals surface area contributed by atoms with Crippen LogP contribution in [-0.4, -0.2) is 10.4 Å². The summed E-state index contributed by atoms with van der Waals surface area (Å²) >= 11 is 8.52. The summed E-state index contributed by atoms with van der Waals surface area (Å²) in [5.41, 5.74) is 1.12. The predicted molar refractivity (Wildman–Crippen MR) is 88.8 cm³/mol. The van der Waals surface area contributed by atoms with Gasteiger partial charge >= 0.3 is 0 Å². The lowest BCUT2D eigenvalue weighted by Gasteiger charge is -2.23. The zero-order chi connectivity index (χ0) is 13.8.